The first kappa shape index (κ1) is 10.6. The van der Waals surface area contributed by atoms with Gasteiger partial charge in [0.2, 0.25) is 0 Å². The molecule has 1 N–H and O–H groups in total. The standard InChI is InChI=1S/C10H13NO3S/c1-14-10-4-11(3-9(10)13)7-2-8(5-12)15-6-7/h2,5-6,9-10,13H,3-4H2,1H3/t9-,10-/m1/s1. The van der Waals surface area contributed by atoms with E-state index in [0.717, 1.165) is 12.0 Å². The van der Waals surface area contributed by atoms with Crippen LogP contribution in [0, 0.1) is 0 Å². The number of rotatable bonds is 3. The van der Waals surface area contributed by atoms with Gasteiger partial charge in [-0.1, -0.05) is 0 Å². The van der Waals surface area contributed by atoms with Gasteiger partial charge in [-0.05, 0) is 6.07 Å². The molecule has 0 radical (unpaired) electrons. The average molecular weight is 227 g/mol. The highest BCUT2D eigenvalue weighted by atomic mass is 32.1. The number of nitrogens with zero attached hydrogens (tertiary/aromatic N) is 1. The Morgan fingerprint density at radius 1 is 1.67 bits per heavy atom. The van der Waals surface area contributed by atoms with Crippen LogP contribution in [0.4, 0.5) is 5.69 Å². The number of aliphatic hydroxyl groups is 1. The van der Waals surface area contributed by atoms with Crippen molar-refractivity contribution in [1.82, 2.24) is 0 Å². The third kappa shape index (κ3) is 2.04. The molecule has 0 unspecified atom stereocenters. The highest BCUT2D eigenvalue weighted by Gasteiger charge is 2.31. The molecule has 1 fully saturated rings. The zero-order chi connectivity index (χ0) is 10.8. The Hall–Kier alpha value is -0.910. The third-order valence-electron chi connectivity index (χ3n) is 2.63. The number of hydrogen-bond acceptors (Lipinski definition) is 5. The van der Waals surface area contributed by atoms with Crippen molar-refractivity contribution in [3.8, 4) is 0 Å². The first-order valence-electron chi connectivity index (χ1n) is 4.74. The molecule has 0 amide bonds. The molecule has 82 valence electrons. The van der Waals surface area contributed by atoms with Gasteiger partial charge in [-0.2, -0.15) is 0 Å². The van der Waals surface area contributed by atoms with Crippen LogP contribution in [0.15, 0.2) is 11.4 Å². The van der Waals surface area contributed by atoms with Gasteiger partial charge in [0.05, 0.1) is 11.0 Å². The molecule has 2 atom stereocenters. The minimum absolute atomic E-state index is 0.135. The number of ether oxygens (including phenoxy) is 1. The number of β-amino-alcohol motifs (C(OH)–C–C–N with tert-alkyl or cyclic N) is 1. The molecule has 1 aromatic rings. The van der Waals surface area contributed by atoms with Crippen molar-refractivity contribution >= 4 is 23.3 Å². The maximum Gasteiger partial charge on any atom is 0.160 e. The van der Waals surface area contributed by atoms with Crippen molar-refractivity contribution in [2.75, 3.05) is 25.1 Å². The fourth-order valence-corrected chi connectivity index (χ4v) is 2.49. The molecule has 0 spiro atoms. The SMILES string of the molecule is CO[C@@H]1CN(c2csc(C=O)c2)C[C@H]1O. The minimum Gasteiger partial charge on any atom is -0.388 e. The molecular formula is C10H13NO3S. The van der Waals surface area contributed by atoms with E-state index in [1.54, 1.807) is 7.11 Å². The van der Waals surface area contributed by atoms with Crippen LogP contribution in [0.5, 0.6) is 0 Å². The monoisotopic (exact) mass is 227 g/mol. The molecule has 1 aliphatic heterocycles. The maximum atomic E-state index is 10.5. The van der Waals surface area contributed by atoms with Crippen LogP contribution >= 0.6 is 11.3 Å². The Bertz CT molecular complexity index is 352. The van der Waals surface area contributed by atoms with Crippen molar-refractivity contribution in [2.24, 2.45) is 0 Å². The smallest absolute Gasteiger partial charge is 0.160 e. The molecule has 1 aromatic heterocycles. The number of anilines is 1. The Kier molecular flexibility index (Phi) is 3.04. The first-order chi connectivity index (χ1) is 7.24. The molecule has 0 saturated carbocycles. The summed E-state index contributed by atoms with van der Waals surface area (Å²) in [5, 5.41) is 11.6. The van der Waals surface area contributed by atoms with E-state index < -0.39 is 6.10 Å². The topological polar surface area (TPSA) is 49.8 Å². The van der Waals surface area contributed by atoms with Crippen LogP contribution in [-0.4, -0.2) is 43.8 Å². The predicted octanol–water partition coefficient (Wildman–Crippen LogP) is 0.756. The molecule has 1 saturated heterocycles. The number of carbonyl (C=O) groups is 1. The van der Waals surface area contributed by atoms with E-state index in [2.05, 4.69) is 0 Å². The second kappa shape index (κ2) is 4.30. The molecular weight excluding hydrogens is 214 g/mol. The lowest BCUT2D eigenvalue weighted by molar-refractivity contribution is 0.0217. The van der Waals surface area contributed by atoms with Crippen molar-refractivity contribution in [2.45, 2.75) is 12.2 Å². The minimum atomic E-state index is -0.449. The molecule has 0 bridgehead atoms. The second-order valence-corrected chi connectivity index (χ2v) is 4.51. The quantitative estimate of drug-likeness (QED) is 0.774. The third-order valence-corrected chi connectivity index (χ3v) is 3.47. The molecule has 5 heteroatoms. The number of aliphatic hydroxyl groups excluding tert-OH is 1. The zero-order valence-electron chi connectivity index (χ0n) is 8.42. The largest absolute Gasteiger partial charge is 0.388 e. The lowest BCUT2D eigenvalue weighted by Crippen LogP contribution is -2.25. The summed E-state index contributed by atoms with van der Waals surface area (Å²) in [7, 11) is 1.60. The van der Waals surface area contributed by atoms with Gasteiger partial charge in [0.25, 0.3) is 0 Å². The van der Waals surface area contributed by atoms with Gasteiger partial charge in [-0.15, -0.1) is 11.3 Å². The van der Waals surface area contributed by atoms with E-state index in [-0.39, 0.29) is 6.10 Å². The zero-order valence-corrected chi connectivity index (χ0v) is 9.24. The summed E-state index contributed by atoms with van der Waals surface area (Å²) in [6, 6.07) is 1.84. The average Bonchev–Trinajstić information content (AvgIpc) is 2.83. The number of hydrogen-bond donors (Lipinski definition) is 1. The summed E-state index contributed by atoms with van der Waals surface area (Å²) in [5.74, 6) is 0. The molecule has 4 nitrogen and oxygen atoms in total. The first-order valence-corrected chi connectivity index (χ1v) is 5.62. The van der Waals surface area contributed by atoms with E-state index in [9.17, 15) is 9.90 Å². The summed E-state index contributed by atoms with van der Waals surface area (Å²) in [6.07, 6.45) is 0.258. The summed E-state index contributed by atoms with van der Waals surface area (Å²) >= 11 is 1.41. The van der Waals surface area contributed by atoms with Gasteiger partial charge in [0, 0.05) is 31.3 Å². The van der Waals surface area contributed by atoms with Crippen molar-refractivity contribution in [3.63, 3.8) is 0 Å². The number of carbonyl (C=O) groups excluding carboxylic acids is 1. The molecule has 1 aliphatic rings. The molecule has 2 rings (SSSR count). The fraction of sp³-hybridized carbons (Fsp3) is 0.500. The highest BCUT2D eigenvalue weighted by Crippen LogP contribution is 2.26. The van der Waals surface area contributed by atoms with E-state index in [4.69, 9.17) is 4.74 Å². The van der Waals surface area contributed by atoms with E-state index >= 15 is 0 Å². The Balaban J connectivity index is 2.09. The lowest BCUT2D eigenvalue weighted by Gasteiger charge is -2.15. The van der Waals surface area contributed by atoms with Crippen LogP contribution in [-0.2, 0) is 4.74 Å². The van der Waals surface area contributed by atoms with Crippen LogP contribution < -0.4 is 4.90 Å². The van der Waals surface area contributed by atoms with Crippen LogP contribution in [0.3, 0.4) is 0 Å². The lowest BCUT2D eigenvalue weighted by atomic mass is 10.3. The Morgan fingerprint density at radius 2 is 2.47 bits per heavy atom. The van der Waals surface area contributed by atoms with Crippen LogP contribution in [0.1, 0.15) is 9.67 Å². The molecule has 2 heterocycles. The normalized spacial score (nSPS) is 25.9. The summed E-state index contributed by atoms with van der Waals surface area (Å²) in [4.78, 5) is 13.3. The maximum absolute atomic E-state index is 10.5. The van der Waals surface area contributed by atoms with E-state index in [1.807, 2.05) is 16.3 Å². The van der Waals surface area contributed by atoms with E-state index in [1.165, 1.54) is 11.3 Å². The summed E-state index contributed by atoms with van der Waals surface area (Å²) in [5.41, 5.74) is 0.987. The summed E-state index contributed by atoms with van der Waals surface area (Å²) in [6.45, 7) is 1.24. The predicted molar refractivity (Wildman–Crippen MR) is 58.7 cm³/mol. The van der Waals surface area contributed by atoms with Crippen LogP contribution in [0.2, 0.25) is 0 Å². The number of thiophene rings is 1. The Labute approximate surface area is 92.1 Å². The number of methoxy groups -OCH3 is 1. The number of aldehydes is 1. The van der Waals surface area contributed by atoms with Gasteiger partial charge < -0.3 is 14.7 Å². The van der Waals surface area contributed by atoms with Gasteiger partial charge in [0.15, 0.2) is 6.29 Å². The van der Waals surface area contributed by atoms with Gasteiger partial charge in [-0.3, -0.25) is 4.79 Å². The van der Waals surface area contributed by atoms with Gasteiger partial charge >= 0.3 is 0 Å². The van der Waals surface area contributed by atoms with Crippen LogP contribution in [0.25, 0.3) is 0 Å². The Morgan fingerprint density at radius 3 is 3.00 bits per heavy atom. The molecule has 15 heavy (non-hydrogen) atoms. The van der Waals surface area contributed by atoms with Gasteiger partial charge in [0.1, 0.15) is 6.10 Å². The fourth-order valence-electron chi connectivity index (χ4n) is 1.77. The van der Waals surface area contributed by atoms with Crippen molar-refractivity contribution < 1.29 is 14.6 Å². The highest BCUT2D eigenvalue weighted by molar-refractivity contribution is 7.12. The summed E-state index contributed by atoms with van der Waals surface area (Å²) < 4.78 is 5.15. The van der Waals surface area contributed by atoms with Crippen molar-refractivity contribution in [1.29, 1.82) is 0 Å². The second-order valence-electron chi connectivity index (χ2n) is 3.57. The van der Waals surface area contributed by atoms with Gasteiger partial charge in [-0.25, -0.2) is 0 Å². The molecule has 0 aromatic carbocycles. The molecule has 0 aliphatic carbocycles. The van der Waals surface area contributed by atoms with Crippen molar-refractivity contribution in [3.05, 3.63) is 16.3 Å². The van der Waals surface area contributed by atoms with E-state index in [0.29, 0.717) is 18.0 Å².